The van der Waals surface area contributed by atoms with Crippen molar-refractivity contribution in [3.8, 4) is 5.75 Å². The van der Waals surface area contributed by atoms with Gasteiger partial charge >= 0.3 is 0 Å². The number of ether oxygens (including phenoxy) is 1. The number of hydrogen-bond donors (Lipinski definition) is 1. The highest BCUT2D eigenvalue weighted by molar-refractivity contribution is 5.80. The summed E-state index contributed by atoms with van der Waals surface area (Å²) in [5.41, 5.74) is 1.25. The molecule has 1 aromatic carbocycles. The molecule has 0 spiro atoms. The summed E-state index contributed by atoms with van der Waals surface area (Å²) in [4.78, 5) is 11.0. The SMILES string of the molecule is CN=C(NCCOc1ccccc1C(C)C)N1CCC(C)C(n2ccnc2)C1. The van der Waals surface area contributed by atoms with E-state index >= 15 is 0 Å². The molecule has 0 saturated carbocycles. The number of aliphatic imine (C=N–C) groups is 1. The zero-order valence-electron chi connectivity index (χ0n) is 17.5. The Morgan fingerprint density at radius 1 is 1.36 bits per heavy atom. The van der Waals surface area contributed by atoms with E-state index in [1.54, 1.807) is 0 Å². The molecule has 2 aromatic rings. The van der Waals surface area contributed by atoms with Gasteiger partial charge in [0, 0.05) is 32.5 Å². The number of likely N-dealkylation sites (tertiary alicyclic amines) is 1. The van der Waals surface area contributed by atoms with Crippen LogP contribution in [0.15, 0.2) is 48.0 Å². The average molecular weight is 384 g/mol. The van der Waals surface area contributed by atoms with Crippen LogP contribution in [0.5, 0.6) is 5.75 Å². The van der Waals surface area contributed by atoms with Gasteiger partial charge in [0.05, 0.1) is 18.9 Å². The summed E-state index contributed by atoms with van der Waals surface area (Å²) < 4.78 is 8.25. The highest BCUT2D eigenvalue weighted by Gasteiger charge is 2.28. The third kappa shape index (κ3) is 4.86. The topological polar surface area (TPSA) is 54.7 Å². The van der Waals surface area contributed by atoms with Gasteiger partial charge in [-0.05, 0) is 29.9 Å². The summed E-state index contributed by atoms with van der Waals surface area (Å²) in [5.74, 6) is 2.99. The second-order valence-corrected chi connectivity index (χ2v) is 7.80. The molecule has 152 valence electrons. The number of nitrogens with zero attached hydrogens (tertiary/aromatic N) is 4. The Morgan fingerprint density at radius 3 is 2.89 bits per heavy atom. The van der Waals surface area contributed by atoms with Gasteiger partial charge in [0.1, 0.15) is 12.4 Å². The minimum atomic E-state index is 0.420. The number of guanidine groups is 1. The van der Waals surface area contributed by atoms with Gasteiger partial charge in [-0.3, -0.25) is 4.99 Å². The van der Waals surface area contributed by atoms with E-state index in [9.17, 15) is 0 Å². The predicted octanol–water partition coefficient (Wildman–Crippen LogP) is 3.54. The molecule has 2 heterocycles. The molecular weight excluding hydrogens is 350 g/mol. The van der Waals surface area contributed by atoms with Crippen molar-refractivity contribution < 1.29 is 4.74 Å². The van der Waals surface area contributed by atoms with E-state index in [2.05, 4.69) is 63.9 Å². The van der Waals surface area contributed by atoms with Gasteiger partial charge in [-0.2, -0.15) is 0 Å². The van der Waals surface area contributed by atoms with Gasteiger partial charge in [0.15, 0.2) is 5.96 Å². The third-order valence-corrected chi connectivity index (χ3v) is 5.52. The van der Waals surface area contributed by atoms with Crippen molar-refractivity contribution >= 4 is 5.96 Å². The third-order valence-electron chi connectivity index (χ3n) is 5.52. The van der Waals surface area contributed by atoms with Crippen molar-refractivity contribution in [2.24, 2.45) is 10.9 Å². The van der Waals surface area contributed by atoms with Gasteiger partial charge < -0.3 is 19.5 Å². The second-order valence-electron chi connectivity index (χ2n) is 7.80. The number of para-hydroxylation sites is 1. The van der Waals surface area contributed by atoms with Gasteiger partial charge in [0.2, 0.25) is 0 Å². The first-order valence-corrected chi connectivity index (χ1v) is 10.2. The minimum absolute atomic E-state index is 0.420. The Labute approximate surface area is 168 Å². The van der Waals surface area contributed by atoms with E-state index < -0.39 is 0 Å². The van der Waals surface area contributed by atoms with Gasteiger partial charge in [0.25, 0.3) is 0 Å². The van der Waals surface area contributed by atoms with E-state index in [0.717, 1.165) is 37.8 Å². The molecule has 0 amide bonds. The molecule has 6 nitrogen and oxygen atoms in total. The second kappa shape index (κ2) is 9.62. The molecule has 0 bridgehead atoms. The van der Waals surface area contributed by atoms with Crippen LogP contribution in [-0.4, -0.2) is 53.7 Å². The molecule has 28 heavy (non-hydrogen) atoms. The monoisotopic (exact) mass is 383 g/mol. The fraction of sp³-hybridized carbons (Fsp3) is 0.545. The number of hydrogen-bond acceptors (Lipinski definition) is 3. The van der Waals surface area contributed by atoms with E-state index in [-0.39, 0.29) is 0 Å². The summed E-state index contributed by atoms with van der Waals surface area (Å²) in [6, 6.07) is 8.70. The van der Waals surface area contributed by atoms with Crippen molar-refractivity contribution in [1.82, 2.24) is 19.8 Å². The molecule has 0 aliphatic carbocycles. The number of nitrogens with one attached hydrogen (secondary N) is 1. The highest BCUT2D eigenvalue weighted by atomic mass is 16.5. The van der Waals surface area contributed by atoms with Crippen LogP contribution in [-0.2, 0) is 0 Å². The van der Waals surface area contributed by atoms with Crippen molar-refractivity contribution in [1.29, 1.82) is 0 Å². The average Bonchev–Trinajstić information content (AvgIpc) is 3.23. The van der Waals surface area contributed by atoms with Crippen LogP contribution in [0.2, 0.25) is 0 Å². The molecule has 1 fully saturated rings. The lowest BCUT2D eigenvalue weighted by Gasteiger charge is -2.39. The van der Waals surface area contributed by atoms with Crippen LogP contribution in [0.1, 0.15) is 44.7 Å². The van der Waals surface area contributed by atoms with Crippen LogP contribution >= 0.6 is 0 Å². The summed E-state index contributed by atoms with van der Waals surface area (Å²) >= 11 is 0. The number of aromatic nitrogens is 2. The maximum Gasteiger partial charge on any atom is 0.193 e. The van der Waals surface area contributed by atoms with E-state index in [1.807, 2.05) is 31.7 Å². The molecule has 1 saturated heterocycles. The van der Waals surface area contributed by atoms with Crippen molar-refractivity contribution in [3.63, 3.8) is 0 Å². The Bertz CT molecular complexity index is 756. The summed E-state index contributed by atoms with van der Waals surface area (Å²) in [7, 11) is 1.85. The van der Waals surface area contributed by atoms with Crippen LogP contribution in [0, 0.1) is 5.92 Å². The lowest BCUT2D eigenvalue weighted by molar-refractivity contribution is 0.188. The van der Waals surface area contributed by atoms with Crippen molar-refractivity contribution in [3.05, 3.63) is 48.5 Å². The van der Waals surface area contributed by atoms with Crippen LogP contribution in [0.4, 0.5) is 0 Å². The molecular formula is C22H33N5O. The minimum Gasteiger partial charge on any atom is -0.491 e. The van der Waals surface area contributed by atoms with Crippen LogP contribution < -0.4 is 10.1 Å². The maximum absolute atomic E-state index is 6.03. The number of piperidine rings is 1. The first-order chi connectivity index (χ1) is 13.6. The maximum atomic E-state index is 6.03. The van der Waals surface area contributed by atoms with Gasteiger partial charge in [-0.1, -0.05) is 39.0 Å². The fourth-order valence-electron chi connectivity index (χ4n) is 3.84. The molecule has 1 aliphatic rings. The zero-order chi connectivity index (χ0) is 19.9. The lowest BCUT2D eigenvalue weighted by Crippen LogP contribution is -2.49. The number of rotatable bonds is 6. The van der Waals surface area contributed by atoms with Crippen molar-refractivity contribution in [2.75, 3.05) is 33.3 Å². The van der Waals surface area contributed by atoms with E-state index in [1.165, 1.54) is 5.56 Å². The van der Waals surface area contributed by atoms with E-state index in [0.29, 0.717) is 24.5 Å². The van der Waals surface area contributed by atoms with Crippen LogP contribution in [0.3, 0.4) is 0 Å². The smallest absolute Gasteiger partial charge is 0.193 e. The summed E-state index contributed by atoms with van der Waals surface area (Å²) in [5, 5.41) is 3.46. The number of benzene rings is 1. The molecule has 2 atom stereocenters. The van der Waals surface area contributed by atoms with Gasteiger partial charge in [-0.25, -0.2) is 4.98 Å². The standard InChI is InChI=1S/C22H33N5O/c1-17(2)19-7-5-6-8-21(19)28-14-11-25-22(23-4)26-12-9-18(3)20(15-26)27-13-10-24-16-27/h5-8,10,13,16-18,20H,9,11-12,14-15H2,1-4H3,(H,23,25). The largest absolute Gasteiger partial charge is 0.491 e. The molecule has 1 aromatic heterocycles. The molecule has 2 unspecified atom stereocenters. The summed E-state index contributed by atoms with van der Waals surface area (Å²) in [6.07, 6.45) is 6.97. The Morgan fingerprint density at radius 2 is 2.18 bits per heavy atom. The zero-order valence-corrected chi connectivity index (χ0v) is 17.5. The highest BCUT2D eigenvalue weighted by Crippen LogP contribution is 2.27. The molecule has 1 aliphatic heterocycles. The molecule has 6 heteroatoms. The normalized spacial score (nSPS) is 20.5. The predicted molar refractivity (Wildman–Crippen MR) is 114 cm³/mol. The summed E-state index contributed by atoms with van der Waals surface area (Å²) in [6.45, 7) is 9.99. The fourth-order valence-corrected chi connectivity index (χ4v) is 3.84. The first kappa shape index (κ1) is 20.2. The Hall–Kier alpha value is -2.50. The molecule has 3 rings (SSSR count). The van der Waals surface area contributed by atoms with Crippen LogP contribution in [0.25, 0.3) is 0 Å². The van der Waals surface area contributed by atoms with E-state index in [4.69, 9.17) is 4.74 Å². The first-order valence-electron chi connectivity index (χ1n) is 10.2. The Balaban J connectivity index is 1.52. The number of imidazole rings is 1. The Kier molecular flexibility index (Phi) is 6.95. The van der Waals surface area contributed by atoms with Gasteiger partial charge in [-0.15, -0.1) is 0 Å². The molecule has 0 radical (unpaired) electrons. The van der Waals surface area contributed by atoms with Crippen molar-refractivity contribution in [2.45, 2.75) is 39.2 Å². The quantitative estimate of drug-likeness (QED) is 0.471. The lowest BCUT2D eigenvalue weighted by atomic mass is 9.93. The molecule has 1 N–H and O–H groups in total.